The van der Waals surface area contributed by atoms with Crippen molar-refractivity contribution in [2.24, 2.45) is 11.8 Å². The summed E-state index contributed by atoms with van der Waals surface area (Å²) >= 11 is 0. The summed E-state index contributed by atoms with van der Waals surface area (Å²) in [6.45, 7) is 9.45. The number of hydrogen-bond donors (Lipinski definition) is 0. The molecule has 1 atom stereocenters. The predicted octanol–water partition coefficient (Wildman–Crippen LogP) is 9.88. The molecule has 0 aromatic heterocycles. The van der Waals surface area contributed by atoms with Gasteiger partial charge in [-0.15, -0.1) is 0 Å². The summed E-state index contributed by atoms with van der Waals surface area (Å²) in [5.74, 6) is 1.86. The first-order valence-corrected chi connectivity index (χ1v) is 12.4. The van der Waals surface area contributed by atoms with Gasteiger partial charge in [-0.1, -0.05) is 130 Å². The summed E-state index contributed by atoms with van der Waals surface area (Å²) in [6, 6.07) is 0. The first-order chi connectivity index (χ1) is 12.7. The van der Waals surface area contributed by atoms with Crippen LogP contribution in [0.25, 0.3) is 0 Å². The SMILES string of the molecule is CCCCCCCC=CCCCCCCCCC(CCCCC)C(C)C. The van der Waals surface area contributed by atoms with E-state index in [1.807, 2.05) is 0 Å². The first-order valence-electron chi connectivity index (χ1n) is 12.4. The molecule has 0 heterocycles. The predicted molar refractivity (Wildman–Crippen MR) is 122 cm³/mol. The van der Waals surface area contributed by atoms with Gasteiger partial charge in [-0.05, 0) is 37.5 Å². The minimum atomic E-state index is 0.880. The second-order valence-electron chi connectivity index (χ2n) is 8.87. The summed E-state index contributed by atoms with van der Waals surface area (Å²) in [4.78, 5) is 0. The van der Waals surface area contributed by atoms with Crippen LogP contribution >= 0.6 is 0 Å². The monoisotopic (exact) mass is 364 g/mol. The summed E-state index contributed by atoms with van der Waals surface area (Å²) < 4.78 is 0. The van der Waals surface area contributed by atoms with Crippen molar-refractivity contribution in [2.45, 2.75) is 143 Å². The number of hydrogen-bond acceptors (Lipinski definition) is 0. The molecule has 0 rings (SSSR count). The molecular formula is C26H52. The molecule has 1 unspecified atom stereocenters. The van der Waals surface area contributed by atoms with E-state index >= 15 is 0 Å². The lowest BCUT2D eigenvalue weighted by atomic mass is 9.86. The van der Waals surface area contributed by atoms with E-state index in [-0.39, 0.29) is 0 Å². The highest BCUT2D eigenvalue weighted by Crippen LogP contribution is 2.25. The lowest BCUT2D eigenvalue weighted by molar-refractivity contribution is 0.314. The van der Waals surface area contributed by atoms with Crippen LogP contribution in [-0.4, -0.2) is 0 Å². The Morgan fingerprint density at radius 1 is 0.500 bits per heavy atom. The van der Waals surface area contributed by atoms with E-state index in [4.69, 9.17) is 0 Å². The van der Waals surface area contributed by atoms with E-state index in [1.165, 1.54) is 116 Å². The van der Waals surface area contributed by atoms with E-state index in [0.29, 0.717) is 0 Å². The summed E-state index contributed by atoms with van der Waals surface area (Å²) in [5.41, 5.74) is 0. The van der Waals surface area contributed by atoms with Crippen LogP contribution in [0, 0.1) is 11.8 Å². The third kappa shape index (κ3) is 18.5. The van der Waals surface area contributed by atoms with Crippen LogP contribution < -0.4 is 0 Å². The topological polar surface area (TPSA) is 0 Å². The fourth-order valence-electron chi connectivity index (χ4n) is 3.94. The molecule has 0 heteroatoms. The van der Waals surface area contributed by atoms with Gasteiger partial charge < -0.3 is 0 Å². The minimum Gasteiger partial charge on any atom is -0.0885 e. The molecule has 0 nitrogen and oxygen atoms in total. The standard InChI is InChI=1S/C26H52/c1-5-7-9-10-11-12-13-14-15-16-17-18-19-20-22-24-26(25(3)4)23-21-8-6-2/h13-14,25-26H,5-12,15-24H2,1-4H3. The Balaban J connectivity index is 3.36. The van der Waals surface area contributed by atoms with Gasteiger partial charge in [0.25, 0.3) is 0 Å². The zero-order valence-corrected chi connectivity index (χ0v) is 19.0. The highest BCUT2D eigenvalue weighted by Gasteiger charge is 2.12. The van der Waals surface area contributed by atoms with Crippen molar-refractivity contribution in [3.63, 3.8) is 0 Å². The molecule has 0 saturated heterocycles. The molecule has 0 aliphatic rings. The van der Waals surface area contributed by atoms with Crippen LogP contribution in [0.4, 0.5) is 0 Å². The number of rotatable bonds is 20. The first kappa shape index (κ1) is 25.7. The summed E-state index contributed by atoms with van der Waals surface area (Å²) in [7, 11) is 0. The van der Waals surface area contributed by atoms with Crippen molar-refractivity contribution in [3.05, 3.63) is 12.2 Å². The Bertz CT molecular complexity index is 276. The Morgan fingerprint density at radius 2 is 0.885 bits per heavy atom. The molecule has 0 spiro atoms. The molecule has 156 valence electrons. The molecule has 0 bridgehead atoms. The molecule has 0 aliphatic carbocycles. The van der Waals surface area contributed by atoms with Gasteiger partial charge in [0, 0.05) is 0 Å². The van der Waals surface area contributed by atoms with E-state index in [1.54, 1.807) is 0 Å². The highest BCUT2D eigenvalue weighted by molar-refractivity contribution is 4.81. The van der Waals surface area contributed by atoms with Crippen LogP contribution in [0.3, 0.4) is 0 Å². The van der Waals surface area contributed by atoms with Crippen molar-refractivity contribution in [1.29, 1.82) is 0 Å². The summed E-state index contributed by atoms with van der Waals surface area (Å²) in [5, 5.41) is 0. The number of allylic oxidation sites excluding steroid dienone is 2. The van der Waals surface area contributed by atoms with Gasteiger partial charge in [-0.25, -0.2) is 0 Å². The van der Waals surface area contributed by atoms with Crippen molar-refractivity contribution in [3.8, 4) is 0 Å². The van der Waals surface area contributed by atoms with Crippen molar-refractivity contribution < 1.29 is 0 Å². The van der Waals surface area contributed by atoms with E-state index in [9.17, 15) is 0 Å². The molecule has 0 aromatic rings. The van der Waals surface area contributed by atoms with Gasteiger partial charge >= 0.3 is 0 Å². The van der Waals surface area contributed by atoms with Gasteiger partial charge in [0.2, 0.25) is 0 Å². The summed E-state index contributed by atoms with van der Waals surface area (Å²) in [6.07, 6.45) is 30.4. The fraction of sp³-hybridized carbons (Fsp3) is 0.923. The molecule has 0 fully saturated rings. The molecule has 0 aliphatic heterocycles. The smallest absolute Gasteiger partial charge is 0.0351 e. The Labute approximate surface area is 167 Å². The van der Waals surface area contributed by atoms with Crippen molar-refractivity contribution in [1.82, 2.24) is 0 Å². The minimum absolute atomic E-state index is 0.880. The average molecular weight is 365 g/mol. The Kier molecular flexibility index (Phi) is 20.8. The van der Waals surface area contributed by atoms with Gasteiger partial charge in [-0.2, -0.15) is 0 Å². The van der Waals surface area contributed by atoms with Gasteiger partial charge in [-0.3, -0.25) is 0 Å². The van der Waals surface area contributed by atoms with Crippen LogP contribution in [0.1, 0.15) is 143 Å². The lowest BCUT2D eigenvalue weighted by Gasteiger charge is -2.20. The zero-order chi connectivity index (χ0) is 19.3. The molecule has 0 N–H and O–H groups in total. The number of unbranched alkanes of at least 4 members (excludes halogenated alkanes) is 13. The maximum Gasteiger partial charge on any atom is -0.0351 e. The van der Waals surface area contributed by atoms with Gasteiger partial charge in [0.15, 0.2) is 0 Å². The molecule has 0 amide bonds. The molecular weight excluding hydrogens is 312 g/mol. The lowest BCUT2D eigenvalue weighted by Crippen LogP contribution is -2.08. The maximum atomic E-state index is 2.43. The highest BCUT2D eigenvalue weighted by atomic mass is 14.2. The van der Waals surface area contributed by atoms with Gasteiger partial charge in [0.1, 0.15) is 0 Å². The van der Waals surface area contributed by atoms with Crippen molar-refractivity contribution in [2.75, 3.05) is 0 Å². The maximum absolute atomic E-state index is 2.43. The van der Waals surface area contributed by atoms with Crippen LogP contribution in [-0.2, 0) is 0 Å². The van der Waals surface area contributed by atoms with Gasteiger partial charge in [0.05, 0.1) is 0 Å². The fourth-order valence-corrected chi connectivity index (χ4v) is 3.94. The molecule has 26 heavy (non-hydrogen) atoms. The average Bonchev–Trinajstić information content (AvgIpc) is 2.63. The molecule has 0 saturated carbocycles. The quantitative estimate of drug-likeness (QED) is 0.149. The van der Waals surface area contributed by atoms with E-state index < -0.39 is 0 Å². The largest absolute Gasteiger partial charge is 0.0885 e. The van der Waals surface area contributed by atoms with Crippen LogP contribution in [0.15, 0.2) is 12.2 Å². The zero-order valence-electron chi connectivity index (χ0n) is 19.0. The van der Waals surface area contributed by atoms with E-state index in [0.717, 1.165) is 11.8 Å². The normalized spacial score (nSPS) is 13.1. The second kappa shape index (κ2) is 21.0. The molecule has 0 aromatic carbocycles. The second-order valence-corrected chi connectivity index (χ2v) is 8.87. The third-order valence-electron chi connectivity index (χ3n) is 5.96. The van der Waals surface area contributed by atoms with E-state index in [2.05, 4.69) is 39.8 Å². The third-order valence-corrected chi connectivity index (χ3v) is 5.96. The van der Waals surface area contributed by atoms with Crippen LogP contribution in [0.2, 0.25) is 0 Å². The van der Waals surface area contributed by atoms with Crippen LogP contribution in [0.5, 0.6) is 0 Å². The Morgan fingerprint density at radius 3 is 1.38 bits per heavy atom. The van der Waals surface area contributed by atoms with Crippen molar-refractivity contribution >= 4 is 0 Å². The Hall–Kier alpha value is -0.260. The molecule has 0 radical (unpaired) electrons.